The molecule has 0 aliphatic carbocycles. The smallest absolute Gasteiger partial charge is 0.410 e. The molecule has 2 amide bonds. The summed E-state index contributed by atoms with van der Waals surface area (Å²) < 4.78 is 37.9. The molecule has 2 heterocycles. The second-order valence-electron chi connectivity index (χ2n) is 14.6. The number of carbonyl (C=O) groups excluding carboxylic acids is 2. The van der Waals surface area contributed by atoms with Crippen LogP contribution in [-0.2, 0) is 22.3 Å². The lowest BCUT2D eigenvalue weighted by Gasteiger charge is -2.32. The van der Waals surface area contributed by atoms with Gasteiger partial charge in [-0.1, -0.05) is 25.5 Å². The van der Waals surface area contributed by atoms with Gasteiger partial charge in [-0.25, -0.2) is 18.4 Å². The Morgan fingerprint density at radius 1 is 0.771 bits per heavy atom. The van der Waals surface area contributed by atoms with Crippen LogP contribution in [0.4, 0.5) is 18.4 Å². The minimum atomic E-state index is -0.942. The van der Waals surface area contributed by atoms with Crippen LogP contribution in [0.25, 0.3) is 0 Å². The Labute approximate surface area is 283 Å². The summed E-state index contributed by atoms with van der Waals surface area (Å²) in [6, 6.07) is 7.86. The quantitative estimate of drug-likeness (QED) is 0.275. The Hall–Kier alpha value is -3.28. The number of aryl methyl sites for hydroxylation is 1. The van der Waals surface area contributed by atoms with E-state index >= 15 is 0 Å². The highest BCUT2D eigenvalue weighted by Crippen LogP contribution is 2.34. The fraction of sp³-hybridized carbons (Fsp3) is 0.622. The molecule has 9 nitrogen and oxygen atoms in total. The molecular formula is C37H54F2N2O7. The SMILES string of the molecule is CC(C)(C)OC(=O)N1CCC[C@H]1C(O)c1ccc(F)cc1CCO.CCCc1cc(F)ccc1C(O)[C@@H]1CCCN1C(=O)OC(C)(C)C. The van der Waals surface area contributed by atoms with Gasteiger partial charge in [-0.3, -0.25) is 0 Å². The third-order valence-corrected chi connectivity index (χ3v) is 8.33. The molecule has 0 radical (unpaired) electrons. The number of halogens is 2. The number of nitrogens with zero attached hydrogens (tertiary/aromatic N) is 2. The van der Waals surface area contributed by atoms with Crippen molar-refractivity contribution in [2.24, 2.45) is 0 Å². The molecule has 4 rings (SSSR count). The summed E-state index contributed by atoms with van der Waals surface area (Å²) in [6.07, 6.45) is 2.15. The van der Waals surface area contributed by atoms with Gasteiger partial charge in [0, 0.05) is 19.7 Å². The zero-order chi connectivity index (χ0) is 35.8. The van der Waals surface area contributed by atoms with Crippen LogP contribution in [-0.4, -0.2) is 80.3 Å². The third-order valence-electron chi connectivity index (χ3n) is 8.33. The maximum atomic E-state index is 13.5. The fourth-order valence-electron chi connectivity index (χ4n) is 6.30. The Kier molecular flexibility index (Phi) is 13.8. The summed E-state index contributed by atoms with van der Waals surface area (Å²) in [5.74, 6) is -0.713. The number of hydrogen-bond donors (Lipinski definition) is 3. The second kappa shape index (κ2) is 16.9. The Bertz CT molecular complexity index is 1270. The molecular weight excluding hydrogens is 622 g/mol. The largest absolute Gasteiger partial charge is 0.444 e. The number of likely N-dealkylation sites (tertiary alicyclic amines) is 2. The van der Waals surface area contributed by atoms with Gasteiger partial charge < -0.3 is 34.6 Å². The number of rotatable bonds is 8. The monoisotopic (exact) mass is 676 g/mol. The lowest BCUT2D eigenvalue weighted by molar-refractivity contribution is 0.00415. The van der Waals surface area contributed by atoms with Gasteiger partial charge in [-0.05, 0) is 127 Å². The molecule has 2 aliphatic heterocycles. The molecule has 2 aliphatic rings. The molecule has 4 atom stereocenters. The zero-order valence-electron chi connectivity index (χ0n) is 29.5. The highest BCUT2D eigenvalue weighted by molar-refractivity contribution is 5.69. The molecule has 48 heavy (non-hydrogen) atoms. The molecule has 2 saturated heterocycles. The third kappa shape index (κ3) is 10.9. The molecule has 2 unspecified atom stereocenters. The van der Waals surface area contributed by atoms with Crippen molar-refractivity contribution >= 4 is 12.2 Å². The lowest BCUT2D eigenvalue weighted by Crippen LogP contribution is -2.42. The minimum Gasteiger partial charge on any atom is -0.444 e. The van der Waals surface area contributed by atoms with Gasteiger partial charge in [-0.15, -0.1) is 0 Å². The predicted octanol–water partition coefficient (Wildman–Crippen LogP) is 7.00. The topological polar surface area (TPSA) is 120 Å². The van der Waals surface area contributed by atoms with Crippen molar-refractivity contribution in [1.29, 1.82) is 0 Å². The van der Waals surface area contributed by atoms with Crippen molar-refractivity contribution in [3.8, 4) is 0 Å². The van der Waals surface area contributed by atoms with Crippen LogP contribution in [0.5, 0.6) is 0 Å². The Morgan fingerprint density at radius 2 is 1.17 bits per heavy atom. The van der Waals surface area contributed by atoms with E-state index in [0.29, 0.717) is 49.0 Å². The van der Waals surface area contributed by atoms with Crippen LogP contribution in [0.3, 0.4) is 0 Å². The van der Waals surface area contributed by atoms with Gasteiger partial charge in [0.2, 0.25) is 0 Å². The van der Waals surface area contributed by atoms with Gasteiger partial charge in [0.25, 0.3) is 0 Å². The van der Waals surface area contributed by atoms with Crippen molar-refractivity contribution in [1.82, 2.24) is 9.80 Å². The van der Waals surface area contributed by atoms with Crippen LogP contribution >= 0.6 is 0 Å². The summed E-state index contributed by atoms with van der Waals surface area (Å²) in [5, 5.41) is 30.8. The summed E-state index contributed by atoms with van der Waals surface area (Å²) in [7, 11) is 0. The van der Waals surface area contributed by atoms with Gasteiger partial charge in [-0.2, -0.15) is 0 Å². The maximum Gasteiger partial charge on any atom is 0.410 e. The average Bonchev–Trinajstić information content (AvgIpc) is 3.67. The zero-order valence-corrected chi connectivity index (χ0v) is 29.5. The minimum absolute atomic E-state index is 0.135. The van der Waals surface area contributed by atoms with Crippen LogP contribution in [0, 0.1) is 11.6 Å². The van der Waals surface area contributed by atoms with Gasteiger partial charge in [0.15, 0.2) is 0 Å². The standard InChI is InChI=1S/C19H28FNO3.C18H26FNO4/c1-5-7-13-12-14(20)9-10-15(13)17(22)16-8-6-11-21(16)18(23)24-19(2,3)4;1-18(2,3)24-17(23)20-9-4-5-15(20)16(22)14-7-6-13(19)11-12(14)8-10-21/h9-10,12,16-17,22H,5-8,11H2,1-4H3;6-7,11,15-16,21-22H,4-5,8-10H2,1-3H3/t16-,17?;15-,16?/m00/s1. The van der Waals surface area contributed by atoms with E-state index in [9.17, 15) is 28.6 Å². The fourth-order valence-corrected chi connectivity index (χ4v) is 6.30. The number of amides is 2. The van der Waals surface area contributed by atoms with E-state index in [-0.39, 0.29) is 24.9 Å². The molecule has 2 aromatic rings. The van der Waals surface area contributed by atoms with E-state index in [1.54, 1.807) is 36.6 Å². The number of benzene rings is 2. The van der Waals surface area contributed by atoms with E-state index in [1.807, 2.05) is 27.7 Å². The van der Waals surface area contributed by atoms with Gasteiger partial charge >= 0.3 is 12.2 Å². The molecule has 2 aromatic carbocycles. The van der Waals surface area contributed by atoms with Crippen LogP contribution in [0.1, 0.15) is 115 Å². The van der Waals surface area contributed by atoms with E-state index < -0.39 is 47.5 Å². The van der Waals surface area contributed by atoms with Crippen molar-refractivity contribution in [3.63, 3.8) is 0 Å². The summed E-state index contributed by atoms with van der Waals surface area (Å²) in [5.41, 5.74) is 1.44. The summed E-state index contributed by atoms with van der Waals surface area (Å²) in [4.78, 5) is 27.9. The summed E-state index contributed by atoms with van der Waals surface area (Å²) in [6.45, 7) is 13.8. The second-order valence-corrected chi connectivity index (χ2v) is 14.6. The number of hydrogen-bond acceptors (Lipinski definition) is 7. The molecule has 0 spiro atoms. The van der Waals surface area contributed by atoms with E-state index in [0.717, 1.165) is 24.8 Å². The molecule has 3 N–H and O–H groups in total. The normalized spacial score (nSPS) is 19.4. The number of aliphatic hydroxyl groups is 3. The lowest BCUT2D eigenvalue weighted by atomic mass is 9.93. The van der Waals surface area contributed by atoms with Crippen molar-refractivity contribution in [2.45, 2.75) is 129 Å². The molecule has 0 bridgehead atoms. The van der Waals surface area contributed by atoms with E-state index in [1.165, 1.54) is 30.3 Å². The highest BCUT2D eigenvalue weighted by Gasteiger charge is 2.39. The Balaban J connectivity index is 0.000000260. The maximum absolute atomic E-state index is 13.5. The van der Waals surface area contributed by atoms with Crippen molar-refractivity contribution < 1.29 is 43.2 Å². The van der Waals surface area contributed by atoms with Gasteiger partial charge in [0.05, 0.1) is 24.3 Å². The van der Waals surface area contributed by atoms with Crippen molar-refractivity contribution in [3.05, 3.63) is 70.3 Å². The predicted molar refractivity (Wildman–Crippen MR) is 179 cm³/mol. The molecule has 268 valence electrons. The van der Waals surface area contributed by atoms with Crippen LogP contribution < -0.4 is 0 Å². The van der Waals surface area contributed by atoms with Crippen LogP contribution in [0.2, 0.25) is 0 Å². The first kappa shape index (κ1) is 39.2. The first-order valence-electron chi connectivity index (χ1n) is 17.0. The van der Waals surface area contributed by atoms with E-state index in [4.69, 9.17) is 14.6 Å². The number of ether oxygens (including phenoxy) is 2. The molecule has 0 saturated carbocycles. The van der Waals surface area contributed by atoms with E-state index in [2.05, 4.69) is 0 Å². The number of aliphatic hydroxyl groups excluding tert-OH is 3. The summed E-state index contributed by atoms with van der Waals surface area (Å²) >= 11 is 0. The highest BCUT2D eigenvalue weighted by atomic mass is 19.1. The van der Waals surface area contributed by atoms with Crippen molar-refractivity contribution in [2.75, 3.05) is 19.7 Å². The first-order valence-corrected chi connectivity index (χ1v) is 17.0. The first-order chi connectivity index (χ1) is 22.5. The molecule has 11 heteroatoms. The Morgan fingerprint density at radius 3 is 1.52 bits per heavy atom. The molecule has 2 fully saturated rings. The average molecular weight is 677 g/mol. The van der Waals surface area contributed by atoms with Crippen LogP contribution in [0.15, 0.2) is 36.4 Å². The molecule has 0 aromatic heterocycles. The van der Waals surface area contributed by atoms with Gasteiger partial charge in [0.1, 0.15) is 22.8 Å². The number of carbonyl (C=O) groups is 2.